The van der Waals surface area contributed by atoms with Gasteiger partial charge in [0, 0.05) is 0 Å². The van der Waals surface area contributed by atoms with E-state index in [9.17, 15) is 66.4 Å². The van der Waals surface area contributed by atoms with Gasteiger partial charge in [-0.05, 0) is 27.7 Å². The fourth-order valence-electron chi connectivity index (χ4n) is 6.76. The van der Waals surface area contributed by atoms with Crippen molar-refractivity contribution in [3.63, 3.8) is 0 Å². The number of ether oxygens (including phenoxy) is 9. The molecular formula is C30H52O22. The molecular weight excluding hydrogens is 712 g/mol. The SMILES string of the molecule is C[C@@H]1O[C@@H](O[C@H]2[C@H](O[C@@H]3[C@@H](O)[C@H](C)O[C@H](O[C@H]4[C@H](O[C@@H]5[C@@H](O)[C@H](O)O[C@H](CO)[C@@H]5O)O[C@@H](C)[C@H](O)[C@H]4O)[C@@H]3O)O[C@@H](C)[C@H](O)[C@H]2O)[C@H](O)[C@H](O)[C@H]1O. The van der Waals surface area contributed by atoms with Crippen LogP contribution < -0.4 is 0 Å². The van der Waals surface area contributed by atoms with Gasteiger partial charge in [0.15, 0.2) is 31.5 Å². The molecule has 5 aliphatic heterocycles. The van der Waals surface area contributed by atoms with Gasteiger partial charge in [-0.25, -0.2) is 0 Å². The van der Waals surface area contributed by atoms with E-state index in [0.717, 1.165) is 0 Å². The summed E-state index contributed by atoms with van der Waals surface area (Å²) in [7, 11) is 0. The first kappa shape index (κ1) is 42.3. The Kier molecular flexibility index (Phi) is 13.9. The van der Waals surface area contributed by atoms with Crippen molar-refractivity contribution < 1.29 is 109 Å². The normalized spacial score (nSPS) is 56.4. The molecule has 5 aliphatic rings. The summed E-state index contributed by atoms with van der Waals surface area (Å²) in [4.78, 5) is 0. The Morgan fingerprint density at radius 3 is 1.17 bits per heavy atom. The van der Waals surface area contributed by atoms with Crippen LogP contribution in [0.3, 0.4) is 0 Å². The quantitative estimate of drug-likeness (QED) is 0.104. The highest BCUT2D eigenvalue weighted by Gasteiger charge is 2.56. The van der Waals surface area contributed by atoms with Gasteiger partial charge in [0.25, 0.3) is 0 Å². The van der Waals surface area contributed by atoms with Crippen LogP contribution in [0.25, 0.3) is 0 Å². The molecule has 0 spiro atoms. The van der Waals surface area contributed by atoms with E-state index in [-0.39, 0.29) is 0 Å². The lowest BCUT2D eigenvalue weighted by molar-refractivity contribution is -0.400. The molecule has 13 N–H and O–H groups in total. The molecule has 0 unspecified atom stereocenters. The Labute approximate surface area is 297 Å². The van der Waals surface area contributed by atoms with Gasteiger partial charge in [-0.1, -0.05) is 0 Å². The smallest absolute Gasteiger partial charge is 0.187 e. The maximum Gasteiger partial charge on any atom is 0.187 e. The van der Waals surface area contributed by atoms with Crippen LogP contribution in [-0.4, -0.2) is 227 Å². The van der Waals surface area contributed by atoms with Crippen molar-refractivity contribution in [1.29, 1.82) is 0 Å². The second kappa shape index (κ2) is 17.1. The Hall–Kier alpha value is -0.880. The van der Waals surface area contributed by atoms with Crippen LogP contribution in [0.15, 0.2) is 0 Å². The Bertz CT molecular complexity index is 1140. The predicted molar refractivity (Wildman–Crippen MR) is 161 cm³/mol. The number of hydrogen-bond acceptors (Lipinski definition) is 22. The standard InChI is InChI=1S/C30H52O22/c1-6-11(32)16(37)19(40)27(44-6)51-24-17(38)12(33)7(2)46-29(24)49-22-14(35)9(4)45-28(21(22)42)52-25-18(39)13(34)8(3)47-30(25)50-23-15(36)10(5-31)48-26(43)20(23)41/h6-43H,5H2,1-4H3/t6-,7-,8-,9-,10+,11-,12-,13-,14-,15-,16+,17+,18+,19+,20+,21+,22+,23-,24+,25+,26+,27-,28+,29-,30-/m0/s1. The summed E-state index contributed by atoms with van der Waals surface area (Å²) < 4.78 is 50.8. The summed E-state index contributed by atoms with van der Waals surface area (Å²) in [6.45, 7) is 4.72. The van der Waals surface area contributed by atoms with Crippen molar-refractivity contribution in [3.05, 3.63) is 0 Å². The molecule has 52 heavy (non-hydrogen) atoms. The molecule has 22 nitrogen and oxygen atoms in total. The van der Waals surface area contributed by atoms with Crippen LogP contribution in [0.1, 0.15) is 27.7 Å². The van der Waals surface area contributed by atoms with Crippen molar-refractivity contribution in [2.75, 3.05) is 6.61 Å². The third-order valence-electron chi connectivity index (χ3n) is 10.2. The molecule has 0 aromatic carbocycles. The van der Waals surface area contributed by atoms with Crippen LogP contribution in [0.4, 0.5) is 0 Å². The van der Waals surface area contributed by atoms with E-state index < -0.39 is 160 Å². The van der Waals surface area contributed by atoms with Gasteiger partial charge in [-0.3, -0.25) is 0 Å². The lowest BCUT2D eigenvalue weighted by atomic mass is 9.96. The maximum absolute atomic E-state index is 11.5. The highest BCUT2D eigenvalue weighted by Crippen LogP contribution is 2.36. The first-order valence-electron chi connectivity index (χ1n) is 17.0. The number of aliphatic hydroxyl groups is 13. The highest BCUT2D eigenvalue weighted by molar-refractivity contribution is 4.97. The van der Waals surface area contributed by atoms with Gasteiger partial charge < -0.3 is 109 Å². The van der Waals surface area contributed by atoms with Gasteiger partial charge in [0.1, 0.15) is 97.7 Å². The molecule has 22 heteroatoms. The fourth-order valence-corrected chi connectivity index (χ4v) is 6.76. The predicted octanol–water partition coefficient (Wildman–Crippen LogP) is -7.81. The molecule has 5 rings (SSSR count). The lowest BCUT2D eigenvalue weighted by Gasteiger charge is -2.49. The van der Waals surface area contributed by atoms with Crippen LogP contribution in [0.2, 0.25) is 0 Å². The minimum atomic E-state index is -1.97. The average molecular weight is 765 g/mol. The maximum atomic E-state index is 11.5. The van der Waals surface area contributed by atoms with Crippen LogP contribution >= 0.6 is 0 Å². The molecule has 304 valence electrons. The summed E-state index contributed by atoms with van der Waals surface area (Å²) in [5, 5.41) is 137. The van der Waals surface area contributed by atoms with Crippen LogP contribution in [0, 0.1) is 0 Å². The molecule has 0 aromatic heterocycles. The average Bonchev–Trinajstić information content (AvgIpc) is 3.10. The van der Waals surface area contributed by atoms with Gasteiger partial charge in [-0.15, -0.1) is 0 Å². The van der Waals surface area contributed by atoms with E-state index >= 15 is 0 Å². The summed E-state index contributed by atoms with van der Waals surface area (Å²) in [5.41, 5.74) is 0. The van der Waals surface area contributed by atoms with Crippen molar-refractivity contribution in [3.8, 4) is 0 Å². The molecule has 5 saturated heterocycles. The highest BCUT2D eigenvalue weighted by atomic mass is 16.8. The van der Waals surface area contributed by atoms with Crippen molar-refractivity contribution in [2.45, 2.75) is 181 Å². The van der Waals surface area contributed by atoms with Crippen molar-refractivity contribution >= 4 is 0 Å². The first-order valence-corrected chi connectivity index (χ1v) is 17.0. The molecule has 0 aliphatic carbocycles. The van der Waals surface area contributed by atoms with Crippen molar-refractivity contribution in [1.82, 2.24) is 0 Å². The topological polar surface area (TPSA) is 346 Å². The zero-order chi connectivity index (χ0) is 38.5. The Balaban J connectivity index is 1.36. The molecule has 0 aromatic rings. The summed E-state index contributed by atoms with van der Waals surface area (Å²) >= 11 is 0. The van der Waals surface area contributed by atoms with Crippen molar-refractivity contribution in [2.24, 2.45) is 0 Å². The van der Waals surface area contributed by atoms with E-state index in [1.165, 1.54) is 27.7 Å². The molecule has 0 amide bonds. The summed E-state index contributed by atoms with van der Waals surface area (Å²) in [5.74, 6) is 0. The van der Waals surface area contributed by atoms with Gasteiger partial charge in [0.05, 0.1) is 31.0 Å². The second-order valence-electron chi connectivity index (χ2n) is 13.9. The summed E-state index contributed by atoms with van der Waals surface area (Å²) in [6.07, 6.45) is -40.6. The van der Waals surface area contributed by atoms with Gasteiger partial charge in [0.2, 0.25) is 0 Å². The third-order valence-corrected chi connectivity index (χ3v) is 10.2. The number of aliphatic hydroxyl groups excluding tert-OH is 13. The molecule has 0 saturated carbocycles. The monoisotopic (exact) mass is 764 g/mol. The van der Waals surface area contributed by atoms with E-state index in [4.69, 9.17) is 42.6 Å². The third kappa shape index (κ3) is 8.29. The molecule has 5 heterocycles. The van der Waals surface area contributed by atoms with E-state index in [2.05, 4.69) is 0 Å². The summed E-state index contributed by atoms with van der Waals surface area (Å²) in [6, 6.07) is 0. The van der Waals surface area contributed by atoms with Gasteiger partial charge in [-0.2, -0.15) is 0 Å². The number of hydrogen-bond donors (Lipinski definition) is 13. The Morgan fingerprint density at radius 2 is 0.712 bits per heavy atom. The Morgan fingerprint density at radius 1 is 0.346 bits per heavy atom. The van der Waals surface area contributed by atoms with E-state index in [0.29, 0.717) is 0 Å². The fraction of sp³-hybridized carbons (Fsp3) is 1.00. The second-order valence-corrected chi connectivity index (χ2v) is 13.9. The minimum absolute atomic E-state index is 0.776. The molecule has 25 atom stereocenters. The van der Waals surface area contributed by atoms with E-state index in [1.807, 2.05) is 0 Å². The minimum Gasteiger partial charge on any atom is -0.394 e. The van der Waals surface area contributed by atoms with E-state index in [1.54, 1.807) is 0 Å². The number of rotatable bonds is 9. The largest absolute Gasteiger partial charge is 0.394 e. The molecule has 0 radical (unpaired) electrons. The van der Waals surface area contributed by atoms with Gasteiger partial charge >= 0.3 is 0 Å². The zero-order valence-corrected chi connectivity index (χ0v) is 28.6. The first-order chi connectivity index (χ1) is 24.4. The van der Waals surface area contributed by atoms with Crippen LogP contribution in [0.5, 0.6) is 0 Å². The zero-order valence-electron chi connectivity index (χ0n) is 28.6. The molecule has 0 bridgehead atoms. The lowest BCUT2D eigenvalue weighted by Crippen LogP contribution is -2.67. The van der Waals surface area contributed by atoms with Crippen LogP contribution in [-0.2, 0) is 42.6 Å². The molecule has 5 fully saturated rings.